The van der Waals surface area contributed by atoms with Crippen molar-refractivity contribution in [2.75, 3.05) is 0 Å². The molecule has 0 aliphatic heterocycles. The Morgan fingerprint density at radius 1 is 1.00 bits per heavy atom. The Bertz CT molecular complexity index is 699. The zero-order chi connectivity index (χ0) is 14.8. The van der Waals surface area contributed by atoms with Crippen molar-refractivity contribution in [3.8, 4) is 0 Å². The predicted molar refractivity (Wildman–Crippen MR) is 71.5 cm³/mol. The van der Waals surface area contributed by atoms with E-state index in [0.29, 0.717) is 5.56 Å². The molecule has 0 bridgehead atoms. The minimum absolute atomic E-state index is 0.405. The van der Waals surface area contributed by atoms with Gasteiger partial charge >= 0.3 is 0 Å². The summed E-state index contributed by atoms with van der Waals surface area (Å²) < 4.78 is 52.9. The Hall–Kier alpha value is -1.79. The lowest BCUT2D eigenvalue weighted by atomic mass is 10.1. The minimum atomic E-state index is -3.97. The van der Waals surface area contributed by atoms with Crippen LogP contribution in [0, 0.1) is 11.6 Å². The Balaban J connectivity index is 2.24. The number of sulfonamides is 1. The van der Waals surface area contributed by atoms with Gasteiger partial charge in [-0.15, -0.1) is 0 Å². The number of hydrogen-bond donors (Lipinski definition) is 1. The summed E-state index contributed by atoms with van der Waals surface area (Å²) in [6, 6.07) is 9.96. The van der Waals surface area contributed by atoms with Crippen LogP contribution in [-0.4, -0.2) is 8.42 Å². The molecule has 1 N–H and O–H groups in total. The highest BCUT2D eigenvalue weighted by atomic mass is 32.2. The topological polar surface area (TPSA) is 46.2 Å². The first-order valence-electron chi connectivity index (χ1n) is 5.92. The third-order valence-corrected chi connectivity index (χ3v) is 4.40. The largest absolute Gasteiger partial charge is 0.244 e. The quantitative estimate of drug-likeness (QED) is 0.943. The van der Waals surface area contributed by atoms with Crippen molar-refractivity contribution >= 4 is 10.0 Å². The summed E-state index contributed by atoms with van der Waals surface area (Å²) in [5, 5.41) is 0. The molecule has 0 unspecified atom stereocenters. The van der Waals surface area contributed by atoms with Gasteiger partial charge in [-0.3, -0.25) is 0 Å². The third-order valence-electron chi connectivity index (χ3n) is 2.83. The third kappa shape index (κ3) is 3.20. The zero-order valence-corrected chi connectivity index (χ0v) is 11.5. The molecule has 1 atom stereocenters. The molecule has 2 aromatic carbocycles. The summed E-state index contributed by atoms with van der Waals surface area (Å²) in [7, 11) is -3.97. The van der Waals surface area contributed by atoms with Crippen molar-refractivity contribution in [1.82, 2.24) is 4.72 Å². The molecule has 0 amide bonds. The van der Waals surface area contributed by atoms with Crippen molar-refractivity contribution in [3.05, 3.63) is 65.7 Å². The summed E-state index contributed by atoms with van der Waals surface area (Å²) >= 11 is 0. The first kappa shape index (κ1) is 14.6. The number of nitrogens with one attached hydrogen (secondary N) is 1. The molecule has 0 aliphatic rings. The van der Waals surface area contributed by atoms with E-state index in [2.05, 4.69) is 4.72 Å². The van der Waals surface area contributed by atoms with Gasteiger partial charge in [0.2, 0.25) is 10.0 Å². The maximum absolute atomic E-state index is 13.5. The smallest absolute Gasteiger partial charge is 0.207 e. The molecular weight excluding hydrogens is 284 g/mol. The lowest BCUT2D eigenvalue weighted by Gasteiger charge is -2.15. The standard InChI is InChI=1S/C14H13F2NO2S/c1-10(11-6-8-12(15)9-7-11)17-20(18,19)14-5-3-2-4-13(14)16/h2-10,17H,1H3/t10-/m0/s1. The second-order valence-corrected chi connectivity index (χ2v) is 6.01. The maximum Gasteiger partial charge on any atom is 0.244 e. The van der Waals surface area contributed by atoms with Gasteiger partial charge in [0, 0.05) is 6.04 Å². The fourth-order valence-corrected chi connectivity index (χ4v) is 3.09. The van der Waals surface area contributed by atoms with Gasteiger partial charge in [-0.1, -0.05) is 24.3 Å². The van der Waals surface area contributed by atoms with E-state index >= 15 is 0 Å². The van der Waals surface area contributed by atoms with E-state index in [1.54, 1.807) is 6.92 Å². The van der Waals surface area contributed by atoms with E-state index in [0.717, 1.165) is 6.07 Å². The second kappa shape index (κ2) is 5.68. The molecule has 0 fully saturated rings. The summed E-state index contributed by atoms with van der Waals surface area (Å²) in [5.74, 6) is -1.22. The highest BCUT2D eigenvalue weighted by molar-refractivity contribution is 7.89. The number of halogens is 2. The van der Waals surface area contributed by atoms with E-state index < -0.39 is 32.6 Å². The molecule has 2 aromatic rings. The molecule has 0 aliphatic carbocycles. The molecule has 0 radical (unpaired) electrons. The van der Waals surface area contributed by atoms with E-state index in [-0.39, 0.29) is 0 Å². The fraction of sp³-hybridized carbons (Fsp3) is 0.143. The van der Waals surface area contributed by atoms with Crippen LogP contribution < -0.4 is 4.72 Å². The normalized spacial score (nSPS) is 13.2. The van der Waals surface area contributed by atoms with Crippen molar-refractivity contribution in [3.63, 3.8) is 0 Å². The van der Waals surface area contributed by atoms with Crippen LogP contribution in [-0.2, 0) is 10.0 Å². The van der Waals surface area contributed by atoms with Crippen LogP contribution in [0.25, 0.3) is 0 Å². The van der Waals surface area contributed by atoms with Crippen LogP contribution in [0.2, 0.25) is 0 Å². The van der Waals surface area contributed by atoms with Gasteiger partial charge in [-0.05, 0) is 36.8 Å². The van der Waals surface area contributed by atoms with Gasteiger partial charge in [-0.2, -0.15) is 0 Å². The first-order valence-corrected chi connectivity index (χ1v) is 7.41. The highest BCUT2D eigenvalue weighted by Crippen LogP contribution is 2.19. The van der Waals surface area contributed by atoms with Crippen LogP contribution in [0.15, 0.2) is 53.4 Å². The van der Waals surface area contributed by atoms with Crippen LogP contribution in [0.4, 0.5) is 8.78 Å². The first-order chi connectivity index (χ1) is 9.40. The van der Waals surface area contributed by atoms with E-state index in [4.69, 9.17) is 0 Å². The van der Waals surface area contributed by atoms with Gasteiger partial charge in [0.25, 0.3) is 0 Å². The number of rotatable bonds is 4. The minimum Gasteiger partial charge on any atom is -0.207 e. The molecular formula is C14H13F2NO2S. The Morgan fingerprint density at radius 3 is 2.20 bits per heavy atom. The lowest BCUT2D eigenvalue weighted by molar-refractivity contribution is 0.546. The van der Waals surface area contributed by atoms with Gasteiger partial charge in [0.1, 0.15) is 16.5 Å². The van der Waals surface area contributed by atoms with Crippen molar-refractivity contribution in [2.24, 2.45) is 0 Å². The van der Waals surface area contributed by atoms with E-state index in [1.165, 1.54) is 42.5 Å². The van der Waals surface area contributed by atoms with Gasteiger partial charge in [-0.25, -0.2) is 21.9 Å². The summed E-state index contributed by atoms with van der Waals surface area (Å²) in [6.07, 6.45) is 0. The molecule has 0 saturated heterocycles. The molecule has 106 valence electrons. The fourth-order valence-electron chi connectivity index (χ4n) is 1.78. The van der Waals surface area contributed by atoms with E-state index in [9.17, 15) is 17.2 Å². The lowest BCUT2D eigenvalue weighted by Crippen LogP contribution is -2.27. The number of hydrogen-bond acceptors (Lipinski definition) is 2. The Morgan fingerprint density at radius 2 is 1.60 bits per heavy atom. The maximum atomic E-state index is 13.5. The molecule has 2 rings (SSSR count). The van der Waals surface area contributed by atoms with Gasteiger partial charge < -0.3 is 0 Å². The Labute approximate surface area is 116 Å². The molecule has 0 aromatic heterocycles. The summed E-state index contributed by atoms with van der Waals surface area (Å²) in [6.45, 7) is 1.60. The summed E-state index contributed by atoms with van der Waals surface area (Å²) in [5.41, 5.74) is 0.589. The van der Waals surface area contributed by atoms with Crippen LogP contribution in [0.1, 0.15) is 18.5 Å². The van der Waals surface area contributed by atoms with Crippen LogP contribution >= 0.6 is 0 Å². The molecule has 0 saturated carbocycles. The Kier molecular flexibility index (Phi) is 4.15. The monoisotopic (exact) mass is 297 g/mol. The molecule has 6 heteroatoms. The van der Waals surface area contributed by atoms with Crippen LogP contribution in [0.3, 0.4) is 0 Å². The SMILES string of the molecule is C[C@H](NS(=O)(=O)c1ccccc1F)c1ccc(F)cc1. The molecule has 0 spiro atoms. The average molecular weight is 297 g/mol. The summed E-state index contributed by atoms with van der Waals surface area (Å²) in [4.78, 5) is -0.408. The zero-order valence-electron chi connectivity index (χ0n) is 10.7. The van der Waals surface area contributed by atoms with E-state index in [1.807, 2.05) is 0 Å². The highest BCUT2D eigenvalue weighted by Gasteiger charge is 2.21. The molecule has 20 heavy (non-hydrogen) atoms. The predicted octanol–water partition coefficient (Wildman–Crippen LogP) is 3.00. The number of benzene rings is 2. The van der Waals surface area contributed by atoms with Crippen LogP contribution in [0.5, 0.6) is 0 Å². The van der Waals surface area contributed by atoms with Crippen molar-refractivity contribution in [2.45, 2.75) is 17.9 Å². The second-order valence-electron chi connectivity index (χ2n) is 4.32. The molecule has 3 nitrogen and oxygen atoms in total. The van der Waals surface area contributed by atoms with Gasteiger partial charge in [0.15, 0.2) is 0 Å². The van der Waals surface area contributed by atoms with Gasteiger partial charge in [0.05, 0.1) is 0 Å². The van der Waals surface area contributed by atoms with Crippen molar-refractivity contribution < 1.29 is 17.2 Å². The molecule has 0 heterocycles. The average Bonchev–Trinajstić information content (AvgIpc) is 2.39. The van der Waals surface area contributed by atoms with Crippen molar-refractivity contribution in [1.29, 1.82) is 0 Å².